The average molecular weight is 350 g/mol. The van der Waals surface area contributed by atoms with E-state index >= 15 is 0 Å². The molecule has 1 aromatic rings. The third kappa shape index (κ3) is 9.94. The summed E-state index contributed by atoms with van der Waals surface area (Å²) in [6.07, 6.45) is 23.2. The second-order valence-electron chi connectivity index (χ2n) is 6.92. The van der Waals surface area contributed by atoms with Gasteiger partial charge in [0.1, 0.15) is 0 Å². The molecule has 0 aliphatic heterocycles. The van der Waals surface area contributed by atoms with E-state index in [9.17, 15) is 0 Å². The Kier molecular flexibility index (Phi) is 11.8. The molecule has 26 heavy (non-hydrogen) atoms. The summed E-state index contributed by atoms with van der Waals surface area (Å²) >= 11 is 0. The molecule has 0 bridgehead atoms. The molecular weight excluding hydrogens is 314 g/mol. The largest absolute Gasteiger partial charge is 0.398 e. The first-order valence-electron chi connectivity index (χ1n) is 10.0. The molecule has 0 heterocycles. The predicted molar refractivity (Wildman–Crippen MR) is 117 cm³/mol. The van der Waals surface area contributed by atoms with Crippen LogP contribution < -0.4 is 5.73 Å². The molecule has 0 fully saturated rings. The lowest BCUT2D eigenvalue weighted by Gasteiger charge is -2.07. The maximum absolute atomic E-state index is 5.72. The second-order valence-corrected chi connectivity index (χ2v) is 6.92. The molecule has 0 unspecified atom stereocenters. The molecule has 1 rings (SSSR count). The molecule has 0 spiro atoms. The topological polar surface area (TPSA) is 26.0 Å². The van der Waals surface area contributed by atoms with Gasteiger partial charge in [-0.15, -0.1) is 6.42 Å². The van der Waals surface area contributed by atoms with E-state index in [1.807, 2.05) is 12.2 Å². The summed E-state index contributed by atoms with van der Waals surface area (Å²) in [5.41, 5.74) is 10.2. The van der Waals surface area contributed by atoms with E-state index < -0.39 is 0 Å². The molecule has 0 aliphatic rings. The van der Waals surface area contributed by atoms with Gasteiger partial charge in [0.2, 0.25) is 0 Å². The first kappa shape index (κ1) is 21.8. The van der Waals surface area contributed by atoms with Crippen LogP contribution in [0.2, 0.25) is 0 Å². The molecule has 0 saturated heterocycles. The Morgan fingerprint density at radius 2 is 1.73 bits per heavy atom. The van der Waals surface area contributed by atoms with E-state index in [1.54, 1.807) is 6.08 Å². The van der Waals surface area contributed by atoms with Gasteiger partial charge in [-0.05, 0) is 48.5 Å². The van der Waals surface area contributed by atoms with Crippen molar-refractivity contribution < 1.29 is 0 Å². The van der Waals surface area contributed by atoms with Crippen molar-refractivity contribution in [3.05, 3.63) is 65.9 Å². The van der Waals surface area contributed by atoms with E-state index in [0.29, 0.717) is 5.70 Å². The van der Waals surface area contributed by atoms with Crippen LogP contribution in [0.5, 0.6) is 0 Å². The number of aryl methyl sites for hydroxylation is 1. The third-order valence-electron chi connectivity index (χ3n) is 4.60. The van der Waals surface area contributed by atoms with Crippen molar-refractivity contribution in [1.82, 2.24) is 0 Å². The lowest BCUT2D eigenvalue weighted by Crippen LogP contribution is -1.91. The Morgan fingerprint density at radius 3 is 2.38 bits per heavy atom. The Balaban J connectivity index is 2.27. The summed E-state index contributed by atoms with van der Waals surface area (Å²) in [6.45, 7) is 6.47. The van der Waals surface area contributed by atoms with Crippen LogP contribution in [-0.4, -0.2) is 0 Å². The van der Waals surface area contributed by atoms with Crippen molar-refractivity contribution in [1.29, 1.82) is 0 Å². The minimum absolute atomic E-state index is 0.618. The summed E-state index contributed by atoms with van der Waals surface area (Å²) in [6, 6.07) is 8.91. The summed E-state index contributed by atoms with van der Waals surface area (Å²) in [4.78, 5) is 0. The highest BCUT2D eigenvalue weighted by Gasteiger charge is 2.00. The van der Waals surface area contributed by atoms with Gasteiger partial charge in [0.25, 0.3) is 0 Å². The van der Waals surface area contributed by atoms with Crippen molar-refractivity contribution in [2.24, 2.45) is 5.73 Å². The summed E-state index contributed by atoms with van der Waals surface area (Å²) in [7, 11) is 0. The summed E-state index contributed by atoms with van der Waals surface area (Å²) < 4.78 is 0. The minimum atomic E-state index is 0.618. The van der Waals surface area contributed by atoms with Gasteiger partial charge in [0, 0.05) is 11.8 Å². The molecule has 140 valence electrons. The standard InChI is InChI=1S/C25H35N/c1-4-6-7-8-9-10-11-16-23-18-20-24(21-19-23)22(3)15-12-13-17-25(26)14-5-2/h2,13-14,17-21H,3-4,6-12,15-16,26H2,1H3/b17-13-,25-14+. The maximum atomic E-state index is 5.72. The molecule has 1 aromatic carbocycles. The third-order valence-corrected chi connectivity index (χ3v) is 4.60. The first-order valence-corrected chi connectivity index (χ1v) is 10.0. The fourth-order valence-electron chi connectivity index (χ4n) is 2.96. The van der Waals surface area contributed by atoms with E-state index in [-0.39, 0.29) is 0 Å². The minimum Gasteiger partial charge on any atom is -0.398 e. The Morgan fingerprint density at radius 1 is 1.08 bits per heavy atom. The number of hydrogen-bond donors (Lipinski definition) is 1. The highest BCUT2D eigenvalue weighted by atomic mass is 14.5. The van der Waals surface area contributed by atoms with E-state index in [2.05, 4.69) is 43.7 Å². The number of terminal acetylenes is 1. The Hall–Kier alpha value is -2.20. The van der Waals surface area contributed by atoms with Crippen LogP contribution in [0.25, 0.3) is 5.57 Å². The zero-order valence-electron chi connectivity index (χ0n) is 16.5. The molecule has 0 radical (unpaired) electrons. The van der Waals surface area contributed by atoms with Crippen molar-refractivity contribution >= 4 is 5.57 Å². The smallest absolute Gasteiger partial charge is 0.0395 e. The fourth-order valence-corrected chi connectivity index (χ4v) is 2.96. The van der Waals surface area contributed by atoms with Gasteiger partial charge < -0.3 is 5.73 Å². The summed E-state index contributed by atoms with van der Waals surface area (Å²) in [5, 5.41) is 0. The monoisotopic (exact) mass is 349 g/mol. The summed E-state index contributed by atoms with van der Waals surface area (Å²) in [5.74, 6) is 2.42. The lowest BCUT2D eigenvalue weighted by atomic mass is 9.99. The van der Waals surface area contributed by atoms with Crippen LogP contribution in [0, 0.1) is 12.3 Å². The molecule has 1 heteroatoms. The Bertz CT molecular complexity index is 611. The van der Waals surface area contributed by atoms with E-state index in [1.165, 1.54) is 62.5 Å². The van der Waals surface area contributed by atoms with Gasteiger partial charge >= 0.3 is 0 Å². The zero-order valence-corrected chi connectivity index (χ0v) is 16.5. The van der Waals surface area contributed by atoms with Gasteiger partial charge in [-0.3, -0.25) is 0 Å². The van der Waals surface area contributed by atoms with Gasteiger partial charge in [0.15, 0.2) is 0 Å². The number of hydrogen-bond acceptors (Lipinski definition) is 1. The number of rotatable bonds is 13. The van der Waals surface area contributed by atoms with Gasteiger partial charge in [-0.1, -0.05) is 88.3 Å². The molecule has 0 aliphatic carbocycles. The van der Waals surface area contributed by atoms with Crippen LogP contribution in [0.15, 0.2) is 54.8 Å². The maximum Gasteiger partial charge on any atom is 0.0395 e. The average Bonchev–Trinajstić information content (AvgIpc) is 2.65. The van der Waals surface area contributed by atoms with Crippen molar-refractivity contribution in [3.8, 4) is 12.3 Å². The van der Waals surface area contributed by atoms with Gasteiger partial charge in [-0.2, -0.15) is 0 Å². The predicted octanol–water partition coefficient (Wildman–Crippen LogP) is 6.81. The zero-order chi connectivity index (χ0) is 19.0. The highest BCUT2D eigenvalue weighted by molar-refractivity contribution is 5.63. The van der Waals surface area contributed by atoms with Gasteiger partial charge in [-0.25, -0.2) is 0 Å². The van der Waals surface area contributed by atoms with Crippen molar-refractivity contribution in [3.63, 3.8) is 0 Å². The molecule has 0 aromatic heterocycles. The van der Waals surface area contributed by atoms with Crippen LogP contribution in [0.3, 0.4) is 0 Å². The van der Waals surface area contributed by atoms with Crippen LogP contribution in [-0.2, 0) is 6.42 Å². The molecule has 0 saturated carbocycles. The van der Waals surface area contributed by atoms with Crippen LogP contribution in [0.4, 0.5) is 0 Å². The molecule has 2 N–H and O–H groups in total. The normalized spacial score (nSPS) is 11.6. The fraction of sp³-hybridized carbons (Fsp3) is 0.440. The van der Waals surface area contributed by atoms with Crippen LogP contribution >= 0.6 is 0 Å². The van der Waals surface area contributed by atoms with Crippen molar-refractivity contribution in [2.75, 3.05) is 0 Å². The second kappa shape index (κ2) is 14.0. The highest BCUT2D eigenvalue weighted by Crippen LogP contribution is 2.20. The van der Waals surface area contributed by atoms with Crippen molar-refractivity contribution in [2.45, 2.75) is 71.1 Å². The first-order chi connectivity index (χ1) is 12.7. The molecule has 0 atom stereocenters. The number of nitrogens with two attached hydrogens (primary N) is 1. The van der Waals surface area contributed by atoms with Gasteiger partial charge in [0.05, 0.1) is 0 Å². The Labute approximate surface area is 161 Å². The van der Waals surface area contributed by atoms with E-state index in [0.717, 1.165) is 18.4 Å². The molecular formula is C25H35N. The lowest BCUT2D eigenvalue weighted by molar-refractivity contribution is 0.589. The van der Waals surface area contributed by atoms with Crippen LogP contribution in [0.1, 0.15) is 75.8 Å². The number of allylic oxidation sites excluding steroid dienone is 4. The number of benzene rings is 1. The van der Waals surface area contributed by atoms with E-state index in [4.69, 9.17) is 12.2 Å². The number of unbranched alkanes of at least 4 members (excludes halogenated alkanes) is 6. The SMILES string of the molecule is C#C/C=C(N)\C=C/CCC(=C)c1ccc(CCCCCCCCC)cc1. The molecule has 1 nitrogen and oxygen atoms in total. The molecule has 0 amide bonds. The quantitative estimate of drug-likeness (QED) is 0.236.